The van der Waals surface area contributed by atoms with Gasteiger partial charge >= 0.3 is 0 Å². The molecule has 2 aromatic carbocycles. The van der Waals surface area contributed by atoms with Gasteiger partial charge in [-0.1, -0.05) is 23.7 Å². The maximum Gasteiger partial charge on any atom is 0.255 e. The maximum atomic E-state index is 12.0. The zero-order valence-electron chi connectivity index (χ0n) is 9.77. The van der Waals surface area contributed by atoms with Crippen molar-refractivity contribution in [3.05, 3.63) is 58.6 Å². The summed E-state index contributed by atoms with van der Waals surface area (Å²) in [6.45, 7) is 1.84. The van der Waals surface area contributed by atoms with E-state index in [2.05, 4.69) is 5.32 Å². The lowest BCUT2D eigenvalue weighted by Gasteiger charge is -2.08. The number of benzene rings is 2. The number of halogens is 1. The lowest BCUT2D eigenvalue weighted by Crippen LogP contribution is -2.13. The molecule has 92 valence electrons. The molecule has 18 heavy (non-hydrogen) atoms. The van der Waals surface area contributed by atoms with Gasteiger partial charge in [0.25, 0.3) is 5.91 Å². The number of nitrogens with one attached hydrogen (secondary N) is 1. The highest BCUT2D eigenvalue weighted by Crippen LogP contribution is 2.19. The Morgan fingerprint density at radius 3 is 2.72 bits per heavy atom. The van der Waals surface area contributed by atoms with Crippen LogP contribution in [0.25, 0.3) is 0 Å². The molecule has 0 atom stereocenters. The molecule has 2 aromatic rings. The van der Waals surface area contributed by atoms with Gasteiger partial charge in [0, 0.05) is 22.3 Å². The molecule has 2 rings (SSSR count). The van der Waals surface area contributed by atoms with E-state index in [4.69, 9.17) is 11.6 Å². The van der Waals surface area contributed by atoms with Gasteiger partial charge in [-0.2, -0.15) is 0 Å². The van der Waals surface area contributed by atoms with E-state index < -0.39 is 0 Å². The van der Waals surface area contributed by atoms with Gasteiger partial charge in [0.1, 0.15) is 5.75 Å². The number of phenolic OH excluding ortho intramolecular Hbond substituents is 1. The molecule has 0 saturated heterocycles. The molecule has 0 aliphatic carbocycles. The van der Waals surface area contributed by atoms with Crippen molar-refractivity contribution in [2.45, 2.75) is 6.92 Å². The highest BCUT2D eigenvalue weighted by molar-refractivity contribution is 6.31. The molecule has 0 bridgehead atoms. The molecule has 2 N–H and O–H groups in total. The van der Waals surface area contributed by atoms with Gasteiger partial charge < -0.3 is 10.4 Å². The number of carbonyl (C=O) groups is 1. The van der Waals surface area contributed by atoms with Crippen LogP contribution in [-0.2, 0) is 0 Å². The third-order valence-corrected chi connectivity index (χ3v) is 2.78. The predicted molar refractivity (Wildman–Crippen MR) is 72.2 cm³/mol. The average Bonchev–Trinajstić information content (AvgIpc) is 2.32. The summed E-state index contributed by atoms with van der Waals surface area (Å²) in [6, 6.07) is 11.5. The van der Waals surface area contributed by atoms with Crippen molar-refractivity contribution in [2.24, 2.45) is 0 Å². The van der Waals surface area contributed by atoms with Crippen molar-refractivity contribution in [3.8, 4) is 5.75 Å². The van der Waals surface area contributed by atoms with Crippen LogP contribution in [-0.4, -0.2) is 11.0 Å². The van der Waals surface area contributed by atoms with Gasteiger partial charge in [0.15, 0.2) is 0 Å². The standard InChI is InChI=1S/C14H12ClNO2/c1-9-5-6-10(15)7-13(9)14(18)16-11-3-2-4-12(17)8-11/h2-8,17H,1H3,(H,16,18). The summed E-state index contributed by atoms with van der Waals surface area (Å²) in [5.41, 5.74) is 1.90. The Balaban J connectivity index is 2.24. The number of hydrogen-bond donors (Lipinski definition) is 2. The van der Waals surface area contributed by atoms with Gasteiger partial charge in [-0.3, -0.25) is 4.79 Å². The lowest BCUT2D eigenvalue weighted by molar-refractivity contribution is 0.102. The number of aryl methyl sites for hydroxylation is 1. The monoisotopic (exact) mass is 261 g/mol. The molecule has 0 fully saturated rings. The quantitative estimate of drug-likeness (QED) is 0.868. The summed E-state index contributed by atoms with van der Waals surface area (Å²) in [7, 11) is 0. The molecule has 0 aromatic heterocycles. The fourth-order valence-corrected chi connectivity index (χ4v) is 1.79. The third kappa shape index (κ3) is 2.81. The topological polar surface area (TPSA) is 49.3 Å². The summed E-state index contributed by atoms with van der Waals surface area (Å²) in [4.78, 5) is 12.0. The van der Waals surface area contributed by atoms with Crippen LogP contribution in [0, 0.1) is 6.92 Å². The number of anilines is 1. The van der Waals surface area contributed by atoms with E-state index in [9.17, 15) is 9.90 Å². The first-order valence-electron chi connectivity index (χ1n) is 5.43. The Kier molecular flexibility index (Phi) is 3.53. The van der Waals surface area contributed by atoms with Crippen LogP contribution < -0.4 is 5.32 Å². The first-order chi connectivity index (χ1) is 8.56. The van der Waals surface area contributed by atoms with Crippen LogP contribution >= 0.6 is 11.6 Å². The molecule has 0 saturated carbocycles. The number of phenols is 1. The van der Waals surface area contributed by atoms with Crippen LogP contribution in [0.4, 0.5) is 5.69 Å². The third-order valence-electron chi connectivity index (χ3n) is 2.55. The van der Waals surface area contributed by atoms with Crippen LogP contribution in [0.1, 0.15) is 15.9 Å². The number of aromatic hydroxyl groups is 1. The molecule has 0 radical (unpaired) electrons. The largest absolute Gasteiger partial charge is 0.508 e. The van der Waals surface area contributed by atoms with Crippen molar-refractivity contribution >= 4 is 23.2 Å². The summed E-state index contributed by atoms with van der Waals surface area (Å²) in [5.74, 6) is -0.142. The smallest absolute Gasteiger partial charge is 0.255 e. The van der Waals surface area contributed by atoms with E-state index in [1.165, 1.54) is 6.07 Å². The molecular formula is C14H12ClNO2. The summed E-state index contributed by atoms with van der Waals surface area (Å²) in [5, 5.41) is 12.5. The van der Waals surface area contributed by atoms with Crippen molar-refractivity contribution in [2.75, 3.05) is 5.32 Å². The van der Waals surface area contributed by atoms with Gasteiger partial charge in [0.05, 0.1) is 0 Å². The fraction of sp³-hybridized carbons (Fsp3) is 0.0714. The van der Waals surface area contributed by atoms with Gasteiger partial charge in [-0.15, -0.1) is 0 Å². The number of hydrogen-bond acceptors (Lipinski definition) is 2. The Morgan fingerprint density at radius 2 is 2.00 bits per heavy atom. The molecule has 1 amide bonds. The van der Waals surface area contributed by atoms with Gasteiger partial charge in [-0.25, -0.2) is 0 Å². The second-order valence-corrected chi connectivity index (χ2v) is 4.40. The number of carbonyl (C=O) groups excluding carboxylic acids is 1. The van der Waals surface area contributed by atoms with E-state index >= 15 is 0 Å². The minimum Gasteiger partial charge on any atom is -0.508 e. The predicted octanol–water partition coefficient (Wildman–Crippen LogP) is 3.61. The lowest BCUT2D eigenvalue weighted by atomic mass is 10.1. The Labute approximate surface area is 110 Å². The van der Waals surface area contributed by atoms with Gasteiger partial charge in [-0.05, 0) is 36.8 Å². The fourth-order valence-electron chi connectivity index (χ4n) is 1.62. The molecule has 0 aliphatic rings. The highest BCUT2D eigenvalue weighted by Gasteiger charge is 2.10. The second kappa shape index (κ2) is 5.10. The Bertz CT molecular complexity index is 596. The van der Waals surface area contributed by atoms with Crippen molar-refractivity contribution in [1.29, 1.82) is 0 Å². The van der Waals surface area contributed by atoms with E-state index in [1.807, 2.05) is 6.92 Å². The van der Waals surface area contributed by atoms with E-state index in [0.29, 0.717) is 16.3 Å². The van der Waals surface area contributed by atoms with E-state index in [0.717, 1.165) is 5.56 Å². The van der Waals surface area contributed by atoms with Crippen LogP contribution in [0.3, 0.4) is 0 Å². The molecule has 0 aliphatic heterocycles. The molecule has 0 heterocycles. The van der Waals surface area contributed by atoms with Crippen molar-refractivity contribution < 1.29 is 9.90 Å². The zero-order valence-corrected chi connectivity index (χ0v) is 10.5. The van der Waals surface area contributed by atoms with Crippen LogP contribution in [0.5, 0.6) is 5.75 Å². The molecule has 3 nitrogen and oxygen atoms in total. The van der Waals surface area contributed by atoms with Gasteiger partial charge in [0.2, 0.25) is 0 Å². The minimum absolute atomic E-state index is 0.107. The van der Waals surface area contributed by atoms with Crippen molar-refractivity contribution in [1.82, 2.24) is 0 Å². The normalized spacial score (nSPS) is 10.1. The molecular weight excluding hydrogens is 250 g/mol. The molecule has 0 unspecified atom stereocenters. The average molecular weight is 262 g/mol. The summed E-state index contributed by atoms with van der Waals surface area (Å²) < 4.78 is 0. The minimum atomic E-state index is -0.249. The second-order valence-electron chi connectivity index (χ2n) is 3.96. The zero-order chi connectivity index (χ0) is 13.1. The molecule has 4 heteroatoms. The van der Waals surface area contributed by atoms with Crippen LogP contribution in [0.15, 0.2) is 42.5 Å². The molecule has 0 spiro atoms. The highest BCUT2D eigenvalue weighted by atomic mass is 35.5. The number of amides is 1. The van der Waals surface area contributed by atoms with Crippen LogP contribution in [0.2, 0.25) is 5.02 Å². The maximum absolute atomic E-state index is 12.0. The van der Waals surface area contributed by atoms with E-state index in [1.54, 1.807) is 36.4 Å². The first kappa shape index (κ1) is 12.5. The first-order valence-corrected chi connectivity index (χ1v) is 5.80. The Hall–Kier alpha value is -2.00. The number of rotatable bonds is 2. The summed E-state index contributed by atoms with van der Waals surface area (Å²) >= 11 is 5.87. The summed E-state index contributed by atoms with van der Waals surface area (Å²) in [6.07, 6.45) is 0. The Morgan fingerprint density at radius 1 is 1.22 bits per heavy atom. The van der Waals surface area contributed by atoms with E-state index in [-0.39, 0.29) is 11.7 Å². The van der Waals surface area contributed by atoms with Crippen molar-refractivity contribution in [3.63, 3.8) is 0 Å². The SMILES string of the molecule is Cc1ccc(Cl)cc1C(=O)Nc1cccc(O)c1.